The first-order chi connectivity index (χ1) is 8.72. The maximum atomic E-state index is 5.99. The van der Waals surface area contributed by atoms with Crippen LogP contribution in [0.2, 0.25) is 0 Å². The standard InChI is InChI=1S/C16H25ClO2/c1-15(2,3)18-11-10-16(4,5)19-14-8-6-13(12-17)7-9-14/h6-9H,10-12H2,1-5H3. The highest BCUT2D eigenvalue weighted by molar-refractivity contribution is 6.17. The highest BCUT2D eigenvalue weighted by Crippen LogP contribution is 2.22. The summed E-state index contributed by atoms with van der Waals surface area (Å²) in [6.45, 7) is 11.0. The quantitative estimate of drug-likeness (QED) is 0.699. The van der Waals surface area contributed by atoms with Gasteiger partial charge in [-0.05, 0) is 52.3 Å². The maximum absolute atomic E-state index is 5.99. The molecule has 0 fully saturated rings. The molecule has 0 atom stereocenters. The molecule has 0 aliphatic heterocycles. The van der Waals surface area contributed by atoms with E-state index in [1.54, 1.807) is 0 Å². The van der Waals surface area contributed by atoms with Crippen LogP contribution in [0.25, 0.3) is 0 Å². The third kappa shape index (κ3) is 6.84. The minimum absolute atomic E-state index is 0.0991. The van der Waals surface area contributed by atoms with E-state index in [0.717, 1.165) is 17.7 Å². The fourth-order valence-corrected chi connectivity index (χ4v) is 1.80. The van der Waals surface area contributed by atoms with Crippen molar-refractivity contribution >= 4 is 11.6 Å². The van der Waals surface area contributed by atoms with Gasteiger partial charge >= 0.3 is 0 Å². The highest BCUT2D eigenvalue weighted by Gasteiger charge is 2.21. The minimum Gasteiger partial charge on any atom is -0.488 e. The Kier molecular flexibility index (Phi) is 5.69. The fraction of sp³-hybridized carbons (Fsp3) is 0.625. The summed E-state index contributed by atoms with van der Waals surface area (Å²) in [5, 5.41) is 0. The zero-order valence-electron chi connectivity index (χ0n) is 12.6. The lowest BCUT2D eigenvalue weighted by Gasteiger charge is -2.28. The number of halogens is 1. The molecule has 3 heteroatoms. The van der Waals surface area contributed by atoms with Gasteiger partial charge in [0.2, 0.25) is 0 Å². The van der Waals surface area contributed by atoms with Gasteiger partial charge in [0, 0.05) is 12.3 Å². The monoisotopic (exact) mass is 284 g/mol. The van der Waals surface area contributed by atoms with Gasteiger partial charge in [-0.25, -0.2) is 0 Å². The van der Waals surface area contributed by atoms with Crippen molar-refractivity contribution in [2.45, 2.75) is 58.1 Å². The molecule has 0 spiro atoms. The summed E-state index contributed by atoms with van der Waals surface area (Å²) in [7, 11) is 0. The Labute approximate surface area is 122 Å². The Morgan fingerprint density at radius 1 is 1.00 bits per heavy atom. The van der Waals surface area contributed by atoms with E-state index in [2.05, 4.69) is 34.6 Å². The molecule has 0 saturated heterocycles. The van der Waals surface area contributed by atoms with E-state index in [1.807, 2.05) is 24.3 Å². The lowest BCUT2D eigenvalue weighted by Crippen LogP contribution is -2.31. The van der Waals surface area contributed by atoms with Crippen molar-refractivity contribution in [3.8, 4) is 5.75 Å². The molecule has 1 aromatic carbocycles. The summed E-state index contributed by atoms with van der Waals surface area (Å²) in [4.78, 5) is 0. The van der Waals surface area contributed by atoms with Gasteiger partial charge in [-0.2, -0.15) is 0 Å². The second kappa shape index (κ2) is 6.62. The smallest absolute Gasteiger partial charge is 0.120 e. The predicted octanol–water partition coefficient (Wildman–Crippen LogP) is 4.79. The van der Waals surface area contributed by atoms with Crippen molar-refractivity contribution in [3.63, 3.8) is 0 Å². The molecular formula is C16H25ClO2. The largest absolute Gasteiger partial charge is 0.488 e. The SMILES string of the molecule is CC(C)(C)OCCC(C)(C)Oc1ccc(CCl)cc1. The van der Waals surface area contributed by atoms with Crippen molar-refractivity contribution in [1.29, 1.82) is 0 Å². The van der Waals surface area contributed by atoms with Crippen LogP contribution in [-0.2, 0) is 10.6 Å². The molecule has 0 saturated carbocycles. The molecule has 0 amide bonds. The van der Waals surface area contributed by atoms with E-state index < -0.39 is 0 Å². The Bertz CT molecular complexity index is 377. The Morgan fingerprint density at radius 2 is 1.58 bits per heavy atom. The summed E-state index contributed by atoms with van der Waals surface area (Å²) < 4.78 is 11.7. The van der Waals surface area contributed by atoms with E-state index in [4.69, 9.17) is 21.1 Å². The lowest BCUT2D eigenvalue weighted by atomic mass is 10.1. The number of benzene rings is 1. The maximum Gasteiger partial charge on any atom is 0.120 e. The molecule has 2 nitrogen and oxygen atoms in total. The van der Waals surface area contributed by atoms with Crippen LogP contribution in [0.4, 0.5) is 0 Å². The van der Waals surface area contributed by atoms with Crippen molar-refractivity contribution in [1.82, 2.24) is 0 Å². The molecule has 19 heavy (non-hydrogen) atoms. The van der Waals surface area contributed by atoms with E-state index in [1.165, 1.54) is 0 Å². The molecule has 0 bridgehead atoms. The van der Waals surface area contributed by atoms with Gasteiger partial charge in [0.25, 0.3) is 0 Å². The summed E-state index contributed by atoms with van der Waals surface area (Å²) >= 11 is 5.77. The van der Waals surface area contributed by atoms with Crippen LogP contribution >= 0.6 is 11.6 Å². The van der Waals surface area contributed by atoms with Gasteiger partial charge in [-0.15, -0.1) is 11.6 Å². The second-order valence-electron chi connectivity index (χ2n) is 6.35. The summed E-state index contributed by atoms with van der Waals surface area (Å²) in [5.74, 6) is 1.40. The molecule has 0 unspecified atom stereocenters. The van der Waals surface area contributed by atoms with Gasteiger partial charge in [-0.1, -0.05) is 12.1 Å². The molecule has 0 heterocycles. The number of hydrogen-bond acceptors (Lipinski definition) is 2. The minimum atomic E-state index is -0.242. The average molecular weight is 285 g/mol. The van der Waals surface area contributed by atoms with Gasteiger partial charge in [0.05, 0.1) is 12.2 Å². The molecule has 0 aliphatic rings. The molecule has 0 N–H and O–H groups in total. The van der Waals surface area contributed by atoms with Crippen LogP contribution in [0.15, 0.2) is 24.3 Å². The van der Waals surface area contributed by atoms with E-state index in [-0.39, 0.29) is 11.2 Å². The number of rotatable bonds is 6. The van der Waals surface area contributed by atoms with Gasteiger partial charge < -0.3 is 9.47 Å². The van der Waals surface area contributed by atoms with Crippen LogP contribution in [-0.4, -0.2) is 17.8 Å². The van der Waals surface area contributed by atoms with Crippen LogP contribution in [0, 0.1) is 0 Å². The molecule has 1 aromatic rings. The van der Waals surface area contributed by atoms with Gasteiger partial charge in [0.15, 0.2) is 0 Å². The first kappa shape index (κ1) is 16.3. The van der Waals surface area contributed by atoms with Crippen molar-refractivity contribution in [2.75, 3.05) is 6.61 Å². The average Bonchev–Trinajstić information content (AvgIpc) is 2.27. The van der Waals surface area contributed by atoms with E-state index >= 15 is 0 Å². The number of ether oxygens (including phenoxy) is 2. The summed E-state index contributed by atoms with van der Waals surface area (Å²) in [5.41, 5.74) is 0.758. The molecule has 0 radical (unpaired) electrons. The molecule has 1 rings (SSSR count). The normalized spacial score (nSPS) is 12.5. The lowest BCUT2D eigenvalue weighted by molar-refractivity contribution is -0.0292. The molecule has 0 aliphatic carbocycles. The van der Waals surface area contributed by atoms with Crippen molar-refractivity contribution < 1.29 is 9.47 Å². The van der Waals surface area contributed by atoms with Crippen LogP contribution in [0.3, 0.4) is 0 Å². The van der Waals surface area contributed by atoms with Crippen LogP contribution in [0.1, 0.15) is 46.6 Å². The molecule has 108 valence electrons. The summed E-state index contributed by atoms with van der Waals surface area (Å²) in [6, 6.07) is 7.91. The topological polar surface area (TPSA) is 18.5 Å². The van der Waals surface area contributed by atoms with Crippen molar-refractivity contribution in [3.05, 3.63) is 29.8 Å². The highest BCUT2D eigenvalue weighted by atomic mass is 35.5. The predicted molar refractivity (Wildman–Crippen MR) is 81.0 cm³/mol. The number of hydrogen-bond donors (Lipinski definition) is 0. The first-order valence-corrected chi connectivity index (χ1v) is 7.23. The van der Waals surface area contributed by atoms with E-state index in [0.29, 0.717) is 12.5 Å². The Morgan fingerprint density at radius 3 is 2.05 bits per heavy atom. The van der Waals surface area contributed by atoms with E-state index in [9.17, 15) is 0 Å². The number of alkyl halides is 1. The molecule has 0 aromatic heterocycles. The Hall–Kier alpha value is -0.730. The third-order valence-electron chi connectivity index (χ3n) is 2.71. The van der Waals surface area contributed by atoms with Gasteiger partial charge in [-0.3, -0.25) is 0 Å². The Balaban J connectivity index is 2.48. The van der Waals surface area contributed by atoms with Crippen molar-refractivity contribution in [2.24, 2.45) is 0 Å². The summed E-state index contributed by atoms with van der Waals surface area (Å²) in [6.07, 6.45) is 0.849. The zero-order chi connectivity index (χ0) is 14.5. The fourth-order valence-electron chi connectivity index (χ4n) is 1.62. The first-order valence-electron chi connectivity index (χ1n) is 6.70. The zero-order valence-corrected chi connectivity index (χ0v) is 13.4. The third-order valence-corrected chi connectivity index (χ3v) is 3.02. The second-order valence-corrected chi connectivity index (χ2v) is 6.62. The van der Waals surface area contributed by atoms with Crippen LogP contribution in [0.5, 0.6) is 5.75 Å². The van der Waals surface area contributed by atoms with Gasteiger partial charge in [0.1, 0.15) is 11.4 Å². The molecular weight excluding hydrogens is 260 g/mol. The van der Waals surface area contributed by atoms with Crippen LogP contribution < -0.4 is 4.74 Å².